The zero-order valence-corrected chi connectivity index (χ0v) is 21.1. The second-order valence-electron chi connectivity index (χ2n) is 9.69. The first-order valence-corrected chi connectivity index (χ1v) is 13.6. The summed E-state index contributed by atoms with van der Waals surface area (Å²) in [6.45, 7) is 0.799. The lowest BCUT2D eigenvalue weighted by Gasteiger charge is -2.30. The minimum Gasteiger partial charge on any atom is -0.274 e. The lowest BCUT2D eigenvalue weighted by molar-refractivity contribution is 0.415. The Hall–Kier alpha value is -3.82. The fraction of sp³-hybridized carbons (Fsp3) is 0.214. The number of nitrogens with zero attached hydrogens (tertiary/aromatic N) is 5. The van der Waals surface area contributed by atoms with Crippen molar-refractivity contribution >= 4 is 20.9 Å². The molecule has 0 aliphatic carbocycles. The van der Waals surface area contributed by atoms with E-state index < -0.39 is 15.4 Å². The van der Waals surface area contributed by atoms with Crippen LogP contribution in [0.15, 0.2) is 96.3 Å². The molecule has 2 aromatic heterocycles. The number of benzene rings is 3. The summed E-state index contributed by atoms with van der Waals surface area (Å²) < 4.78 is 45.2. The van der Waals surface area contributed by atoms with Gasteiger partial charge in [0.05, 0.1) is 23.6 Å². The largest absolute Gasteiger partial charge is 0.274 e. The second kappa shape index (κ2) is 8.93. The van der Waals surface area contributed by atoms with Gasteiger partial charge in [-0.15, -0.1) is 0 Å². The van der Waals surface area contributed by atoms with Crippen LogP contribution >= 0.6 is 0 Å². The predicted octanol–water partition coefficient (Wildman–Crippen LogP) is 4.47. The molecule has 9 heteroatoms. The van der Waals surface area contributed by atoms with E-state index in [1.807, 2.05) is 24.3 Å². The monoisotopic (exact) mass is 515 g/mol. The Labute approximate surface area is 214 Å². The maximum Gasteiger partial charge on any atom is 0.246 e. The molecule has 1 fully saturated rings. The maximum absolute atomic E-state index is 13.4. The molecule has 3 aromatic carbocycles. The highest BCUT2D eigenvalue weighted by Gasteiger charge is 2.44. The van der Waals surface area contributed by atoms with Crippen LogP contribution in [0.25, 0.3) is 16.6 Å². The van der Waals surface area contributed by atoms with E-state index in [9.17, 15) is 12.8 Å². The zero-order chi connectivity index (χ0) is 25.6. The molecule has 188 valence electrons. The smallest absolute Gasteiger partial charge is 0.246 e. The summed E-state index contributed by atoms with van der Waals surface area (Å²) in [7, 11) is -1.95. The fourth-order valence-corrected chi connectivity index (χ4v) is 6.85. The van der Waals surface area contributed by atoms with Gasteiger partial charge in [-0.05, 0) is 60.4 Å². The standard InChI is InChI=1S/C28H26FN5O2S/c1-32-19-26(18-30-32)37(35,36)33-14-13-28(20-33,16-21-5-3-2-4-6-21)23-7-12-27-22(15-23)17-31-34(27)25-10-8-24(29)9-11-25/h2-12,15,17-19H,13-14,16,20H2,1H3. The summed E-state index contributed by atoms with van der Waals surface area (Å²) in [5.74, 6) is -0.294. The van der Waals surface area contributed by atoms with Crippen LogP contribution < -0.4 is 0 Å². The van der Waals surface area contributed by atoms with Crippen molar-refractivity contribution in [2.24, 2.45) is 7.05 Å². The van der Waals surface area contributed by atoms with E-state index in [0.717, 1.165) is 27.7 Å². The van der Waals surface area contributed by atoms with Gasteiger partial charge in [0.2, 0.25) is 10.0 Å². The van der Waals surface area contributed by atoms with Crippen LogP contribution in [0.2, 0.25) is 0 Å². The highest BCUT2D eigenvalue weighted by Crippen LogP contribution is 2.41. The highest BCUT2D eigenvalue weighted by atomic mass is 32.2. The van der Waals surface area contributed by atoms with Gasteiger partial charge < -0.3 is 0 Å². The molecule has 1 aliphatic heterocycles. The molecule has 3 heterocycles. The Kier molecular flexibility index (Phi) is 5.69. The molecule has 0 saturated carbocycles. The summed E-state index contributed by atoms with van der Waals surface area (Å²) in [5, 5.41) is 9.56. The molecule has 0 amide bonds. The van der Waals surface area contributed by atoms with Crippen molar-refractivity contribution in [3.05, 3.63) is 108 Å². The van der Waals surface area contributed by atoms with Crippen molar-refractivity contribution < 1.29 is 12.8 Å². The van der Waals surface area contributed by atoms with E-state index in [4.69, 9.17) is 0 Å². The number of hydrogen-bond acceptors (Lipinski definition) is 4. The van der Waals surface area contributed by atoms with Crippen LogP contribution in [0.5, 0.6) is 0 Å². The number of sulfonamides is 1. The molecule has 0 bridgehead atoms. The highest BCUT2D eigenvalue weighted by molar-refractivity contribution is 7.89. The van der Waals surface area contributed by atoms with Crippen LogP contribution in [-0.2, 0) is 28.9 Å². The SMILES string of the molecule is Cn1cc(S(=O)(=O)N2CCC(Cc3ccccc3)(c3ccc4c(cnn4-c4ccc(F)cc4)c3)C2)cn1. The minimum atomic E-state index is -3.66. The number of hydrogen-bond donors (Lipinski definition) is 0. The minimum absolute atomic E-state index is 0.210. The van der Waals surface area contributed by atoms with Gasteiger partial charge in [0.25, 0.3) is 0 Å². The summed E-state index contributed by atoms with van der Waals surface area (Å²) in [4.78, 5) is 0.210. The van der Waals surface area contributed by atoms with Crippen molar-refractivity contribution in [3.8, 4) is 5.69 Å². The van der Waals surface area contributed by atoms with Gasteiger partial charge in [0.1, 0.15) is 10.7 Å². The van der Waals surface area contributed by atoms with Crippen molar-refractivity contribution in [1.29, 1.82) is 0 Å². The van der Waals surface area contributed by atoms with Gasteiger partial charge >= 0.3 is 0 Å². The Bertz CT molecular complexity index is 1680. The third-order valence-corrected chi connectivity index (χ3v) is 9.07. The zero-order valence-electron chi connectivity index (χ0n) is 20.3. The second-order valence-corrected chi connectivity index (χ2v) is 11.6. The van der Waals surface area contributed by atoms with E-state index in [0.29, 0.717) is 25.9 Å². The molecule has 5 aromatic rings. The first-order chi connectivity index (χ1) is 17.8. The Balaban J connectivity index is 1.40. The van der Waals surface area contributed by atoms with Crippen LogP contribution in [-0.4, -0.2) is 45.4 Å². The van der Waals surface area contributed by atoms with E-state index in [1.54, 1.807) is 40.6 Å². The first kappa shape index (κ1) is 23.6. The first-order valence-electron chi connectivity index (χ1n) is 12.1. The normalized spacial score (nSPS) is 18.5. The van der Waals surface area contributed by atoms with Crippen LogP contribution in [0.4, 0.5) is 4.39 Å². The van der Waals surface area contributed by atoms with Crippen molar-refractivity contribution in [2.45, 2.75) is 23.2 Å². The lowest BCUT2D eigenvalue weighted by atomic mass is 9.74. The Morgan fingerprint density at radius 1 is 0.973 bits per heavy atom. The van der Waals surface area contributed by atoms with Gasteiger partial charge in [0.15, 0.2) is 0 Å². The van der Waals surface area contributed by atoms with E-state index in [2.05, 4.69) is 34.5 Å². The van der Waals surface area contributed by atoms with Crippen LogP contribution in [0.1, 0.15) is 17.5 Å². The molecule has 1 atom stereocenters. The number of fused-ring (bicyclic) bond motifs is 1. The third-order valence-electron chi connectivity index (χ3n) is 7.27. The molecule has 0 N–H and O–H groups in total. The topological polar surface area (TPSA) is 73.0 Å². The molecular weight excluding hydrogens is 489 g/mol. The molecule has 1 saturated heterocycles. The van der Waals surface area contributed by atoms with Crippen LogP contribution in [0, 0.1) is 5.82 Å². The number of rotatable bonds is 6. The quantitative estimate of drug-likeness (QED) is 0.334. The van der Waals surface area contributed by atoms with Gasteiger partial charge in [-0.2, -0.15) is 14.5 Å². The molecule has 0 radical (unpaired) electrons. The van der Waals surface area contributed by atoms with E-state index >= 15 is 0 Å². The molecule has 1 aliphatic rings. The third kappa shape index (κ3) is 4.24. The number of halogens is 1. The number of aryl methyl sites for hydroxylation is 1. The average molecular weight is 516 g/mol. The predicted molar refractivity (Wildman–Crippen MR) is 139 cm³/mol. The van der Waals surface area contributed by atoms with Gasteiger partial charge in [0, 0.05) is 37.1 Å². The summed E-state index contributed by atoms with van der Waals surface area (Å²) in [6.07, 6.45) is 6.16. The van der Waals surface area contributed by atoms with Crippen molar-refractivity contribution in [3.63, 3.8) is 0 Å². The summed E-state index contributed by atoms with van der Waals surface area (Å²) >= 11 is 0. The molecule has 7 nitrogen and oxygen atoms in total. The van der Waals surface area contributed by atoms with E-state index in [-0.39, 0.29) is 10.7 Å². The molecule has 37 heavy (non-hydrogen) atoms. The molecule has 1 unspecified atom stereocenters. The Morgan fingerprint density at radius 2 is 1.76 bits per heavy atom. The average Bonchev–Trinajstić information content (AvgIpc) is 3.64. The maximum atomic E-state index is 13.4. The Morgan fingerprint density at radius 3 is 2.49 bits per heavy atom. The van der Waals surface area contributed by atoms with Crippen molar-refractivity contribution in [2.75, 3.05) is 13.1 Å². The van der Waals surface area contributed by atoms with E-state index in [1.165, 1.54) is 23.0 Å². The molecule has 6 rings (SSSR count). The summed E-state index contributed by atoms with van der Waals surface area (Å²) in [5.41, 5.74) is 3.51. The van der Waals surface area contributed by atoms with Gasteiger partial charge in [-0.1, -0.05) is 36.4 Å². The van der Waals surface area contributed by atoms with Crippen LogP contribution in [0.3, 0.4) is 0 Å². The lowest BCUT2D eigenvalue weighted by Crippen LogP contribution is -2.36. The van der Waals surface area contributed by atoms with Gasteiger partial charge in [-0.25, -0.2) is 17.5 Å². The van der Waals surface area contributed by atoms with Gasteiger partial charge in [-0.3, -0.25) is 4.68 Å². The fourth-order valence-electron chi connectivity index (χ4n) is 5.34. The summed E-state index contributed by atoms with van der Waals surface area (Å²) in [6, 6.07) is 22.6. The number of aromatic nitrogens is 4. The molecule has 0 spiro atoms. The molecular formula is C28H26FN5O2S. The van der Waals surface area contributed by atoms with Crippen molar-refractivity contribution in [1.82, 2.24) is 23.9 Å².